The Morgan fingerprint density at radius 1 is 1.52 bits per heavy atom. The highest BCUT2D eigenvalue weighted by Crippen LogP contribution is 2.41. The van der Waals surface area contributed by atoms with Gasteiger partial charge in [0.05, 0.1) is 28.7 Å². The maximum absolute atomic E-state index is 11.6. The van der Waals surface area contributed by atoms with Crippen molar-refractivity contribution in [3.63, 3.8) is 0 Å². The number of aliphatic hydroxyl groups excluding tert-OH is 1. The van der Waals surface area contributed by atoms with Crippen LogP contribution in [0.1, 0.15) is 18.6 Å². The minimum absolute atomic E-state index is 0.0646. The van der Waals surface area contributed by atoms with E-state index in [1.54, 1.807) is 6.92 Å². The molecule has 0 aromatic heterocycles. The summed E-state index contributed by atoms with van der Waals surface area (Å²) < 4.78 is 14.9. The van der Waals surface area contributed by atoms with Crippen LogP contribution in [0.2, 0.25) is 0 Å². The van der Waals surface area contributed by atoms with Crippen molar-refractivity contribution in [2.24, 2.45) is 0 Å². The molecule has 1 aromatic carbocycles. The fourth-order valence-electron chi connectivity index (χ4n) is 1.85. The smallest absolute Gasteiger partial charge is 0.336 e. The number of benzene rings is 1. The van der Waals surface area contributed by atoms with Crippen molar-refractivity contribution in [3.8, 4) is 11.5 Å². The Kier molecular flexibility index (Phi) is 4.08. The number of nitro groups is 1. The maximum atomic E-state index is 11.6. The summed E-state index contributed by atoms with van der Waals surface area (Å²) in [5.41, 5.74) is -0.793. The summed E-state index contributed by atoms with van der Waals surface area (Å²) in [6, 6.07) is 2.40. The van der Waals surface area contributed by atoms with Crippen molar-refractivity contribution in [1.29, 1.82) is 0 Å². The second-order valence-corrected chi connectivity index (χ2v) is 4.17. The lowest BCUT2D eigenvalue weighted by atomic mass is 10.0. The van der Waals surface area contributed by atoms with Crippen LogP contribution >= 0.6 is 0 Å². The molecule has 1 heterocycles. The number of carbonyl (C=O) groups is 1. The zero-order chi connectivity index (χ0) is 15.6. The molecule has 1 unspecified atom stereocenters. The van der Waals surface area contributed by atoms with Gasteiger partial charge in [0, 0.05) is 0 Å². The Bertz CT molecular complexity index is 611. The van der Waals surface area contributed by atoms with Crippen LogP contribution in [0.3, 0.4) is 0 Å². The zero-order valence-corrected chi connectivity index (χ0v) is 11.2. The van der Waals surface area contributed by atoms with Crippen molar-refractivity contribution < 1.29 is 29.0 Å². The quantitative estimate of drug-likeness (QED) is 0.379. The number of nitrogens with zero attached hydrogens (tertiary/aromatic N) is 1. The highest BCUT2D eigenvalue weighted by Gasteiger charge is 2.30. The van der Waals surface area contributed by atoms with Gasteiger partial charge in [0.15, 0.2) is 11.5 Å². The number of carbonyl (C=O) groups excluding carboxylic acids is 1. The van der Waals surface area contributed by atoms with Gasteiger partial charge in [-0.1, -0.05) is 6.58 Å². The van der Waals surface area contributed by atoms with Crippen LogP contribution in [0, 0.1) is 10.1 Å². The van der Waals surface area contributed by atoms with Gasteiger partial charge in [-0.25, -0.2) is 4.79 Å². The standard InChI is InChI=1S/C13H13NO7/c1-3-19-13(16)7(2)12(15)8-4-10-11(21-6-20-10)5-9(8)14(17)18/h4-5,12,15H,2-3,6H2,1H3. The van der Waals surface area contributed by atoms with E-state index in [4.69, 9.17) is 14.2 Å². The van der Waals surface area contributed by atoms with Gasteiger partial charge >= 0.3 is 5.97 Å². The fraction of sp³-hybridized carbons (Fsp3) is 0.308. The average Bonchev–Trinajstić information content (AvgIpc) is 2.91. The number of hydrogen-bond acceptors (Lipinski definition) is 7. The van der Waals surface area contributed by atoms with E-state index in [1.165, 1.54) is 6.07 Å². The lowest BCUT2D eigenvalue weighted by Crippen LogP contribution is -2.14. The van der Waals surface area contributed by atoms with E-state index in [1.807, 2.05) is 0 Å². The van der Waals surface area contributed by atoms with Gasteiger partial charge in [-0.2, -0.15) is 0 Å². The summed E-state index contributed by atoms with van der Waals surface area (Å²) in [5.74, 6) is -0.359. The molecule has 0 saturated heterocycles. The SMILES string of the molecule is C=C(C(=O)OCC)C(O)c1cc2c(cc1[N+](=O)[O-])OCO2. The first-order valence-electron chi connectivity index (χ1n) is 6.07. The summed E-state index contributed by atoms with van der Waals surface area (Å²) in [6.45, 7) is 5.06. The summed E-state index contributed by atoms with van der Waals surface area (Å²) in [4.78, 5) is 22.0. The van der Waals surface area contributed by atoms with E-state index in [0.29, 0.717) is 0 Å². The van der Waals surface area contributed by atoms with Crippen LogP contribution < -0.4 is 9.47 Å². The number of fused-ring (bicyclic) bond motifs is 1. The van der Waals surface area contributed by atoms with Crippen LogP contribution in [0.25, 0.3) is 0 Å². The molecule has 0 amide bonds. The second-order valence-electron chi connectivity index (χ2n) is 4.17. The molecule has 0 bridgehead atoms. The highest BCUT2D eigenvalue weighted by atomic mass is 16.7. The molecule has 21 heavy (non-hydrogen) atoms. The topological polar surface area (TPSA) is 108 Å². The highest BCUT2D eigenvalue weighted by molar-refractivity contribution is 5.89. The molecule has 0 spiro atoms. The molecule has 0 saturated carbocycles. The van der Waals surface area contributed by atoms with Crippen molar-refractivity contribution in [1.82, 2.24) is 0 Å². The molecule has 8 nitrogen and oxygen atoms in total. The third kappa shape index (κ3) is 2.79. The van der Waals surface area contributed by atoms with Crippen molar-refractivity contribution in [2.75, 3.05) is 13.4 Å². The average molecular weight is 295 g/mol. The molecule has 1 N–H and O–H groups in total. The number of ether oxygens (including phenoxy) is 3. The number of hydrogen-bond donors (Lipinski definition) is 1. The minimum atomic E-state index is -1.57. The normalized spacial score (nSPS) is 13.6. The van der Waals surface area contributed by atoms with Gasteiger partial charge in [0.2, 0.25) is 6.79 Å². The van der Waals surface area contributed by atoms with Gasteiger partial charge in [0.25, 0.3) is 5.69 Å². The molecular weight excluding hydrogens is 282 g/mol. The van der Waals surface area contributed by atoms with Crippen LogP contribution in [0.4, 0.5) is 5.69 Å². The number of aliphatic hydroxyl groups is 1. The first-order valence-corrected chi connectivity index (χ1v) is 6.07. The first-order chi connectivity index (χ1) is 9.95. The molecule has 1 aliphatic rings. The Labute approximate surface area is 119 Å². The molecule has 8 heteroatoms. The van der Waals surface area contributed by atoms with Gasteiger partial charge in [0.1, 0.15) is 6.10 Å². The van der Waals surface area contributed by atoms with Gasteiger partial charge in [-0.15, -0.1) is 0 Å². The third-order valence-corrected chi connectivity index (χ3v) is 2.88. The number of rotatable bonds is 5. The molecule has 1 atom stereocenters. The van der Waals surface area contributed by atoms with Crippen LogP contribution in [0.5, 0.6) is 11.5 Å². The largest absolute Gasteiger partial charge is 0.463 e. The first kappa shape index (κ1) is 14.8. The Morgan fingerprint density at radius 3 is 2.71 bits per heavy atom. The molecule has 0 radical (unpaired) electrons. The predicted octanol–water partition coefficient (Wildman–Crippen LogP) is 1.48. The maximum Gasteiger partial charge on any atom is 0.336 e. The van der Waals surface area contributed by atoms with Crippen molar-refractivity contribution in [2.45, 2.75) is 13.0 Å². The van der Waals surface area contributed by atoms with Crippen LogP contribution in [0.15, 0.2) is 24.3 Å². The van der Waals surface area contributed by atoms with Crippen LogP contribution in [-0.4, -0.2) is 29.4 Å². The molecule has 1 aromatic rings. The van der Waals surface area contributed by atoms with Gasteiger partial charge in [-0.3, -0.25) is 10.1 Å². The fourth-order valence-corrected chi connectivity index (χ4v) is 1.85. The van der Waals surface area contributed by atoms with Crippen LogP contribution in [-0.2, 0) is 9.53 Å². The van der Waals surface area contributed by atoms with Gasteiger partial charge < -0.3 is 19.3 Å². The number of esters is 1. The van der Waals surface area contributed by atoms with Crippen molar-refractivity contribution >= 4 is 11.7 Å². The zero-order valence-electron chi connectivity index (χ0n) is 11.2. The van der Waals surface area contributed by atoms with E-state index in [9.17, 15) is 20.0 Å². The van der Waals surface area contributed by atoms with E-state index in [-0.39, 0.29) is 36.0 Å². The summed E-state index contributed by atoms with van der Waals surface area (Å²) >= 11 is 0. The van der Waals surface area contributed by atoms with E-state index >= 15 is 0 Å². The monoisotopic (exact) mass is 295 g/mol. The second kappa shape index (κ2) is 5.80. The van der Waals surface area contributed by atoms with Crippen molar-refractivity contribution in [3.05, 3.63) is 40.0 Å². The summed E-state index contributed by atoms with van der Waals surface area (Å²) in [6.07, 6.45) is -1.57. The minimum Gasteiger partial charge on any atom is -0.463 e. The van der Waals surface area contributed by atoms with E-state index in [2.05, 4.69) is 6.58 Å². The molecule has 0 fully saturated rings. The molecule has 2 rings (SSSR count). The van der Waals surface area contributed by atoms with Gasteiger partial charge in [-0.05, 0) is 13.0 Å². The van der Waals surface area contributed by atoms with E-state index in [0.717, 1.165) is 6.07 Å². The predicted molar refractivity (Wildman–Crippen MR) is 70.0 cm³/mol. The lowest BCUT2D eigenvalue weighted by Gasteiger charge is -2.13. The van der Waals surface area contributed by atoms with E-state index < -0.39 is 22.7 Å². The molecule has 0 aliphatic carbocycles. The molecule has 112 valence electrons. The number of nitro benzene ring substituents is 1. The lowest BCUT2D eigenvalue weighted by molar-refractivity contribution is -0.386. The summed E-state index contributed by atoms with van der Waals surface area (Å²) in [5, 5.41) is 21.2. The molecule has 1 aliphatic heterocycles. The Balaban J connectivity index is 2.40. The summed E-state index contributed by atoms with van der Waals surface area (Å²) in [7, 11) is 0. The Hall–Kier alpha value is -2.61. The molecular formula is C13H13NO7. The third-order valence-electron chi connectivity index (χ3n) is 2.88. The Morgan fingerprint density at radius 2 is 2.14 bits per heavy atom.